The lowest BCUT2D eigenvalue weighted by Gasteiger charge is -2.23. The molecule has 0 radical (unpaired) electrons. The Labute approximate surface area is 186 Å². The van der Waals surface area contributed by atoms with Crippen LogP contribution in [0.2, 0.25) is 0 Å². The van der Waals surface area contributed by atoms with Gasteiger partial charge in [0, 0.05) is 20.0 Å². The van der Waals surface area contributed by atoms with Gasteiger partial charge < -0.3 is 29.2 Å². The van der Waals surface area contributed by atoms with Crippen LogP contribution in [0, 0.1) is 0 Å². The molecule has 1 aliphatic heterocycles. The fourth-order valence-electron chi connectivity index (χ4n) is 3.30. The van der Waals surface area contributed by atoms with E-state index in [1.54, 1.807) is 16.8 Å². The van der Waals surface area contributed by atoms with Gasteiger partial charge in [0.25, 0.3) is 0 Å². The molecular formula is C19H23BrN4O7. The van der Waals surface area contributed by atoms with Gasteiger partial charge in [-0.15, -0.1) is 0 Å². The molecule has 0 aliphatic carbocycles. The van der Waals surface area contributed by atoms with E-state index >= 15 is 0 Å². The highest BCUT2D eigenvalue weighted by Crippen LogP contribution is 2.38. The Kier molecular flexibility index (Phi) is 6.51. The van der Waals surface area contributed by atoms with E-state index in [1.807, 2.05) is 0 Å². The molecule has 0 aromatic carbocycles. The van der Waals surface area contributed by atoms with E-state index in [2.05, 4.69) is 25.9 Å². The summed E-state index contributed by atoms with van der Waals surface area (Å²) in [6.45, 7) is 5.19. The first kappa shape index (κ1) is 22.9. The zero-order chi connectivity index (χ0) is 22.9. The highest BCUT2D eigenvalue weighted by Gasteiger charge is 2.48. The fraction of sp³-hybridized carbons (Fsp3) is 0.526. The van der Waals surface area contributed by atoms with E-state index in [4.69, 9.17) is 24.7 Å². The van der Waals surface area contributed by atoms with Gasteiger partial charge in [0.2, 0.25) is 5.60 Å². The molecular weight excluding hydrogens is 476 g/mol. The molecule has 2 N–H and O–H groups in total. The smallest absolute Gasteiger partial charge is 0.350 e. The van der Waals surface area contributed by atoms with Crippen LogP contribution in [0.5, 0.6) is 0 Å². The summed E-state index contributed by atoms with van der Waals surface area (Å²) in [5.74, 6) is -1.53. The molecule has 168 valence electrons. The van der Waals surface area contributed by atoms with Crippen molar-refractivity contribution in [3.63, 3.8) is 0 Å². The van der Waals surface area contributed by atoms with Crippen LogP contribution < -0.4 is 5.73 Å². The van der Waals surface area contributed by atoms with Crippen LogP contribution in [0.4, 0.5) is 5.82 Å². The van der Waals surface area contributed by atoms with Crippen LogP contribution >= 0.6 is 15.9 Å². The van der Waals surface area contributed by atoms with E-state index in [9.17, 15) is 14.4 Å². The van der Waals surface area contributed by atoms with Gasteiger partial charge >= 0.3 is 17.9 Å². The second-order valence-electron chi connectivity index (χ2n) is 7.51. The fourth-order valence-corrected chi connectivity index (χ4v) is 3.95. The number of nitrogens with two attached hydrogens (primary N) is 1. The molecule has 2 aromatic heterocycles. The lowest BCUT2D eigenvalue weighted by atomic mass is 10.1. The van der Waals surface area contributed by atoms with Gasteiger partial charge in [0.1, 0.15) is 30.5 Å². The van der Waals surface area contributed by atoms with Crippen molar-refractivity contribution in [2.75, 3.05) is 12.3 Å². The number of carbonyl (C=O) groups excluding carboxylic acids is 3. The number of aromatic nitrogens is 3. The summed E-state index contributed by atoms with van der Waals surface area (Å²) in [5.41, 5.74) is 4.95. The summed E-state index contributed by atoms with van der Waals surface area (Å²) < 4.78 is 23.5. The monoisotopic (exact) mass is 498 g/mol. The molecule has 0 unspecified atom stereocenters. The average Bonchev–Trinajstić information content (AvgIpc) is 3.21. The number of esters is 3. The van der Waals surface area contributed by atoms with Crippen LogP contribution in [0.15, 0.2) is 18.6 Å². The number of fused-ring (bicyclic) bond motifs is 1. The summed E-state index contributed by atoms with van der Waals surface area (Å²) in [6.07, 6.45) is 0.864. The predicted molar refractivity (Wildman–Crippen MR) is 111 cm³/mol. The normalized spacial score (nSPS) is 23.5. The minimum Gasteiger partial charge on any atom is -0.460 e. The minimum absolute atomic E-state index is 0.163. The van der Waals surface area contributed by atoms with E-state index < -0.39 is 46.8 Å². The first-order valence-electron chi connectivity index (χ1n) is 9.42. The molecule has 3 heterocycles. The highest BCUT2D eigenvalue weighted by atomic mass is 79.9. The van der Waals surface area contributed by atoms with E-state index in [0.717, 1.165) is 0 Å². The molecule has 11 nitrogen and oxygen atoms in total. The number of nitrogen functional groups attached to an aromatic ring is 1. The summed E-state index contributed by atoms with van der Waals surface area (Å²) in [5, 5.41) is 0.622. The number of hydrogen-bond acceptors (Lipinski definition) is 10. The Balaban J connectivity index is 1.81. The van der Waals surface area contributed by atoms with Crippen molar-refractivity contribution in [1.29, 1.82) is 0 Å². The summed E-state index contributed by atoms with van der Waals surface area (Å²) in [4.78, 5) is 43.0. The van der Waals surface area contributed by atoms with Gasteiger partial charge in [-0.25, -0.2) is 14.8 Å². The average molecular weight is 499 g/mol. The van der Waals surface area contributed by atoms with Gasteiger partial charge in [-0.05, 0) is 19.9 Å². The lowest BCUT2D eigenvalue weighted by molar-refractivity contribution is -0.180. The number of anilines is 1. The summed E-state index contributed by atoms with van der Waals surface area (Å²) in [7, 11) is 0. The van der Waals surface area contributed by atoms with Crippen LogP contribution in [-0.2, 0) is 33.3 Å². The Morgan fingerprint density at radius 1 is 1.26 bits per heavy atom. The molecule has 4 atom stereocenters. The van der Waals surface area contributed by atoms with Crippen molar-refractivity contribution in [2.24, 2.45) is 0 Å². The molecule has 12 heteroatoms. The third-order valence-corrected chi connectivity index (χ3v) is 5.76. The van der Waals surface area contributed by atoms with Gasteiger partial charge in [-0.2, -0.15) is 0 Å². The quantitative estimate of drug-likeness (QED) is 0.353. The maximum Gasteiger partial charge on any atom is 0.350 e. The van der Waals surface area contributed by atoms with E-state index in [1.165, 1.54) is 34.0 Å². The van der Waals surface area contributed by atoms with Crippen LogP contribution in [0.25, 0.3) is 11.0 Å². The van der Waals surface area contributed by atoms with E-state index in [-0.39, 0.29) is 6.61 Å². The molecule has 0 bridgehead atoms. The second-order valence-corrected chi connectivity index (χ2v) is 8.56. The van der Waals surface area contributed by atoms with Crippen molar-refractivity contribution < 1.29 is 33.3 Å². The molecule has 1 saturated heterocycles. The number of hydrogen-bond donors (Lipinski definition) is 1. The maximum atomic E-state index is 12.4. The summed E-state index contributed by atoms with van der Waals surface area (Å²) in [6, 6.07) is 1.73. The molecule has 0 saturated carbocycles. The van der Waals surface area contributed by atoms with Crippen molar-refractivity contribution in [3.05, 3.63) is 18.6 Å². The molecule has 0 amide bonds. The molecule has 3 rings (SSSR count). The molecule has 0 spiro atoms. The minimum atomic E-state index is -1.45. The Morgan fingerprint density at radius 3 is 2.61 bits per heavy atom. The molecule has 31 heavy (non-hydrogen) atoms. The number of halogens is 1. The maximum absolute atomic E-state index is 12.4. The Bertz CT molecular complexity index is 1010. The number of ether oxygens (including phenoxy) is 4. The van der Waals surface area contributed by atoms with Crippen molar-refractivity contribution >= 4 is 50.7 Å². The predicted octanol–water partition coefficient (Wildman–Crippen LogP) is 1.49. The molecule has 1 fully saturated rings. The van der Waals surface area contributed by atoms with Crippen molar-refractivity contribution in [2.45, 2.75) is 56.6 Å². The van der Waals surface area contributed by atoms with Crippen LogP contribution in [0.1, 0.15) is 33.9 Å². The largest absolute Gasteiger partial charge is 0.460 e. The van der Waals surface area contributed by atoms with Crippen molar-refractivity contribution in [1.82, 2.24) is 14.5 Å². The van der Waals surface area contributed by atoms with Crippen LogP contribution in [0.3, 0.4) is 0 Å². The van der Waals surface area contributed by atoms with Crippen molar-refractivity contribution in [3.8, 4) is 0 Å². The van der Waals surface area contributed by atoms with Crippen LogP contribution in [-0.4, -0.2) is 61.7 Å². The Morgan fingerprint density at radius 2 is 1.97 bits per heavy atom. The third kappa shape index (κ3) is 4.79. The molecule has 1 aliphatic rings. The first-order chi connectivity index (χ1) is 14.5. The SMILES string of the molecule is CC(=O)O[C@@H]1[C@H](Br)[C@@H](COC(=O)C(C)(C)OC(C)=O)O[C@H]1n1ccc2c(N)ncnc21. The standard InChI is InChI=1S/C19H23BrN4O7/c1-9(25)29-14-13(20)12(7-28-18(27)19(3,4)31-10(2)26)30-17(14)24-6-5-11-15(21)22-8-23-16(11)24/h5-6,8,12-14,17H,7H2,1-4H3,(H2,21,22,23)/t12-,13-,14-,17-/m1/s1. The topological polar surface area (TPSA) is 145 Å². The van der Waals surface area contributed by atoms with Gasteiger partial charge in [0.05, 0.1) is 10.2 Å². The second kappa shape index (κ2) is 8.79. The summed E-state index contributed by atoms with van der Waals surface area (Å²) >= 11 is 3.50. The van der Waals surface area contributed by atoms with Gasteiger partial charge in [-0.3, -0.25) is 9.59 Å². The van der Waals surface area contributed by atoms with Gasteiger partial charge in [0.15, 0.2) is 12.3 Å². The zero-order valence-corrected chi connectivity index (χ0v) is 19.0. The third-order valence-electron chi connectivity index (χ3n) is 4.65. The Hall–Kier alpha value is -2.73. The van der Waals surface area contributed by atoms with E-state index in [0.29, 0.717) is 16.9 Å². The number of nitrogens with zero attached hydrogens (tertiary/aromatic N) is 3. The first-order valence-corrected chi connectivity index (χ1v) is 10.3. The highest BCUT2D eigenvalue weighted by molar-refractivity contribution is 9.09. The molecule has 2 aromatic rings. The van der Waals surface area contributed by atoms with Gasteiger partial charge in [-0.1, -0.05) is 15.9 Å². The number of carbonyl (C=O) groups is 3. The number of rotatable bonds is 6. The number of alkyl halides is 1. The zero-order valence-electron chi connectivity index (χ0n) is 17.4. The lowest BCUT2D eigenvalue weighted by Crippen LogP contribution is -2.40.